The van der Waals surface area contributed by atoms with Crippen LogP contribution in [0.15, 0.2) is 48.5 Å². The summed E-state index contributed by atoms with van der Waals surface area (Å²) in [6.07, 6.45) is -2.22. The summed E-state index contributed by atoms with van der Waals surface area (Å²) in [4.78, 5) is 14.5. The van der Waals surface area contributed by atoms with Crippen LogP contribution >= 0.6 is 0 Å². The van der Waals surface area contributed by atoms with Gasteiger partial charge in [0.25, 0.3) is 0 Å². The minimum atomic E-state index is -4.65. The highest BCUT2D eigenvalue weighted by molar-refractivity contribution is 7.88. The second kappa shape index (κ2) is 16.0. The molecule has 2 aliphatic heterocycles. The van der Waals surface area contributed by atoms with E-state index in [1.54, 1.807) is 4.68 Å². The fourth-order valence-corrected chi connectivity index (χ4v) is 8.02. The van der Waals surface area contributed by atoms with E-state index in [1.165, 1.54) is 16.4 Å². The molecule has 0 aliphatic carbocycles. The molecule has 2 aliphatic rings. The van der Waals surface area contributed by atoms with Gasteiger partial charge in [0.2, 0.25) is 15.9 Å². The fourth-order valence-electron chi connectivity index (χ4n) is 7.23. The number of likely N-dealkylation sites (tertiary alicyclic amines) is 1. The molecule has 13 nitrogen and oxygen atoms in total. The Morgan fingerprint density at radius 1 is 1.04 bits per heavy atom. The lowest BCUT2D eigenvalue weighted by molar-refractivity contribution is -0.138. The number of hydrogen-bond acceptors (Lipinski definition) is 9. The van der Waals surface area contributed by atoms with Crippen LogP contribution in [0.25, 0.3) is 11.3 Å². The van der Waals surface area contributed by atoms with Crippen molar-refractivity contribution in [1.82, 2.24) is 44.5 Å². The molecule has 0 bridgehead atoms. The number of sulfonamides is 1. The van der Waals surface area contributed by atoms with E-state index in [0.29, 0.717) is 36.3 Å². The van der Waals surface area contributed by atoms with Gasteiger partial charge in [0.05, 0.1) is 36.7 Å². The number of tetrazole rings is 1. The van der Waals surface area contributed by atoms with Gasteiger partial charge in [-0.05, 0) is 65.5 Å². The molecule has 1 unspecified atom stereocenters. The van der Waals surface area contributed by atoms with Gasteiger partial charge in [-0.1, -0.05) is 50.2 Å². The molecule has 4 heterocycles. The maximum atomic E-state index is 14.1. The van der Waals surface area contributed by atoms with Crippen LogP contribution in [-0.2, 0) is 53.6 Å². The molecule has 0 radical (unpaired) electrons. The number of rotatable bonds is 13. The highest BCUT2D eigenvalue weighted by Gasteiger charge is 2.35. The van der Waals surface area contributed by atoms with Crippen LogP contribution in [0.5, 0.6) is 0 Å². The lowest BCUT2D eigenvalue weighted by atomic mass is 9.95. The summed E-state index contributed by atoms with van der Waals surface area (Å²) in [6, 6.07) is 13.7. The largest absolute Gasteiger partial charge is 0.416 e. The molecule has 2 aromatic carbocycles. The molecule has 286 valence electrons. The monoisotopic (exact) mass is 757 g/mol. The maximum Gasteiger partial charge on any atom is 0.416 e. The Kier molecular flexibility index (Phi) is 11.7. The van der Waals surface area contributed by atoms with Gasteiger partial charge >= 0.3 is 6.18 Å². The van der Waals surface area contributed by atoms with Crippen molar-refractivity contribution in [3.8, 4) is 11.3 Å². The lowest BCUT2D eigenvalue weighted by Gasteiger charge is -2.32. The highest BCUT2D eigenvalue weighted by atomic mass is 32.2. The van der Waals surface area contributed by atoms with Gasteiger partial charge < -0.3 is 15.3 Å². The standard InChI is InChI=1S/C36H46F3N9O4S/c1-24(2)17-33(50)40-19-28-18-27(9-10-31(28)36(37,38)39)34-30-23-46(53(3,51)52)16-13-32(30)47(42-34)22-29(49)21-45-14-11-26(12-15-45)35-41-43-44-48(35)20-25-7-5-4-6-8-25/h4-10,18,24,26,29,49H,11-17,19-23H2,1-3H3,(H,40,50). The molecule has 4 aromatic rings. The van der Waals surface area contributed by atoms with E-state index in [2.05, 4.69) is 25.7 Å². The zero-order valence-electron chi connectivity index (χ0n) is 30.1. The first-order valence-electron chi connectivity index (χ1n) is 17.9. The molecule has 0 spiro atoms. The summed E-state index contributed by atoms with van der Waals surface area (Å²) in [5.74, 6) is 0.704. The predicted octanol–water partition coefficient (Wildman–Crippen LogP) is 3.82. The number of aliphatic hydroxyl groups is 1. The number of halogens is 3. The van der Waals surface area contributed by atoms with Crippen LogP contribution in [0.2, 0.25) is 0 Å². The Hall–Kier alpha value is -4.19. The van der Waals surface area contributed by atoms with Crippen molar-refractivity contribution in [2.24, 2.45) is 5.92 Å². The second-order valence-corrected chi connectivity index (χ2v) is 16.4. The van der Waals surface area contributed by atoms with Gasteiger partial charge in [-0.2, -0.15) is 22.6 Å². The Morgan fingerprint density at radius 3 is 2.45 bits per heavy atom. The van der Waals surface area contributed by atoms with Crippen LogP contribution in [0.3, 0.4) is 0 Å². The minimum Gasteiger partial charge on any atom is -0.390 e. The van der Waals surface area contributed by atoms with Crippen molar-refractivity contribution in [3.63, 3.8) is 0 Å². The topological polar surface area (TPSA) is 151 Å². The van der Waals surface area contributed by atoms with Crippen molar-refractivity contribution >= 4 is 15.9 Å². The number of alkyl halides is 3. The number of hydrogen-bond donors (Lipinski definition) is 2. The molecular formula is C36H46F3N9O4S. The first-order valence-corrected chi connectivity index (χ1v) is 19.7. The van der Waals surface area contributed by atoms with Gasteiger partial charge in [-0.15, -0.1) is 5.10 Å². The summed E-state index contributed by atoms with van der Waals surface area (Å²) < 4.78 is 72.1. The smallest absolute Gasteiger partial charge is 0.390 e. The first-order chi connectivity index (χ1) is 25.2. The molecule has 1 amide bonds. The number of carbonyl (C=O) groups is 1. The average molecular weight is 758 g/mol. The number of nitrogens with zero attached hydrogens (tertiary/aromatic N) is 8. The molecule has 6 rings (SSSR count). The van der Waals surface area contributed by atoms with E-state index < -0.39 is 27.9 Å². The van der Waals surface area contributed by atoms with Crippen LogP contribution in [0.4, 0.5) is 13.2 Å². The summed E-state index contributed by atoms with van der Waals surface area (Å²) in [5, 5.41) is 31.2. The van der Waals surface area contributed by atoms with Crippen molar-refractivity contribution in [1.29, 1.82) is 0 Å². The summed E-state index contributed by atoms with van der Waals surface area (Å²) in [6.45, 7) is 6.12. The Balaban J connectivity index is 1.18. The molecular weight excluding hydrogens is 712 g/mol. The van der Waals surface area contributed by atoms with Gasteiger partial charge in [0, 0.05) is 61.8 Å². The number of fused-ring (bicyclic) bond motifs is 1. The first kappa shape index (κ1) is 38.5. The number of β-amino-alcohol motifs (C(OH)–C–C–N with tert-alkyl or cyclic N) is 1. The molecule has 1 fully saturated rings. The number of aliphatic hydroxyl groups excluding tert-OH is 1. The number of benzene rings is 2. The zero-order chi connectivity index (χ0) is 37.9. The predicted molar refractivity (Wildman–Crippen MR) is 191 cm³/mol. The van der Waals surface area contributed by atoms with Crippen molar-refractivity contribution in [3.05, 3.63) is 82.3 Å². The Morgan fingerprint density at radius 2 is 1.77 bits per heavy atom. The normalized spacial score (nSPS) is 16.9. The van der Waals surface area contributed by atoms with Gasteiger partial charge in [-0.3, -0.25) is 9.48 Å². The highest BCUT2D eigenvalue weighted by Crippen LogP contribution is 2.37. The number of piperidine rings is 1. The quantitative estimate of drug-likeness (QED) is 0.208. The molecule has 53 heavy (non-hydrogen) atoms. The van der Waals surface area contributed by atoms with Gasteiger partial charge in [0.1, 0.15) is 0 Å². The maximum absolute atomic E-state index is 14.1. The van der Waals surface area contributed by atoms with Gasteiger partial charge in [0.15, 0.2) is 5.82 Å². The van der Waals surface area contributed by atoms with Crippen molar-refractivity contribution < 1.29 is 31.5 Å². The van der Waals surface area contributed by atoms with E-state index >= 15 is 0 Å². The number of aromatic nitrogens is 6. The second-order valence-electron chi connectivity index (χ2n) is 14.5. The summed E-state index contributed by atoms with van der Waals surface area (Å²) >= 11 is 0. The lowest BCUT2D eigenvalue weighted by Crippen LogP contribution is -2.40. The zero-order valence-corrected chi connectivity index (χ0v) is 30.9. The number of amides is 1. The van der Waals surface area contributed by atoms with E-state index in [9.17, 15) is 31.5 Å². The minimum absolute atomic E-state index is 0.00165. The van der Waals surface area contributed by atoms with Gasteiger partial charge in [-0.25, -0.2) is 13.1 Å². The van der Waals surface area contributed by atoms with E-state index in [4.69, 9.17) is 5.10 Å². The average Bonchev–Trinajstić information content (AvgIpc) is 3.71. The summed E-state index contributed by atoms with van der Waals surface area (Å²) in [7, 11) is -3.57. The fraction of sp³-hybridized carbons (Fsp3) is 0.528. The van der Waals surface area contributed by atoms with Crippen molar-refractivity contribution in [2.45, 2.75) is 83.9 Å². The third-order valence-electron chi connectivity index (χ3n) is 9.86. The molecule has 2 N–H and O–H groups in total. The third-order valence-corrected chi connectivity index (χ3v) is 11.1. The van der Waals surface area contributed by atoms with Crippen LogP contribution < -0.4 is 5.32 Å². The number of nitrogens with one attached hydrogen (secondary N) is 1. The van der Waals surface area contributed by atoms with E-state index in [0.717, 1.165) is 55.3 Å². The van der Waals surface area contributed by atoms with Crippen LogP contribution in [-0.4, -0.2) is 97.2 Å². The molecule has 1 atom stereocenters. The third kappa shape index (κ3) is 9.49. The van der Waals surface area contributed by atoms with Crippen LogP contribution in [0.1, 0.15) is 72.8 Å². The van der Waals surface area contributed by atoms with E-state index in [-0.39, 0.29) is 55.9 Å². The molecule has 2 aromatic heterocycles. The summed E-state index contributed by atoms with van der Waals surface area (Å²) in [5.41, 5.74) is 2.14. The Labute approximate surface area is 307 Å². The molecule has 17 heteroatoms. The van der Waals surface area contributed by atoms with E-state index in [1.807, 2.05) is 48.9 Å². The van der Waals surface area contributed by atoms with Crippen LogP contribution in [0, 0.1) is 5.92 Å². The van der Waals surface area contributed by atoms with Crippen molar-refractivity contribution in [2.75, 3.05) is 32.4 Å². The SMILES string of the molecule is CC(C)CC(=O)NCc1cc(-c2nn(CC(O)CN3CCC(c4nnnn4Cc4ccccc4)CC3)c3c2CN(S(C)(=O)=O)CC3)ccc1C(F)(F)F. The Bertz CT molecular complexity index is 1990. The number of carbonyl (C=O) groups excluding carboxylic acids is 1. The molecule has 1 saturated heterocycles. The molecule has 0 saturated carbocycles.